The molecule has 0 saturated carbocycles. The number of nitrogens with zero attached hydrogens (tertiary/aromatic N) is 1. The third-order valence-corrected chi connectivity index (χ3v) is 7.87. The molecule has 3 aromatic rings. The highest BCUT2D eigenvalue weighted by molar-refractivity contribution is 9.11. The molecule has 0 spiro atoms. The van der Waals surface area contributed by atoms with Gasteiger partial charge < -0.3 is 24.8 Å². The van der Waals surface area contributed by atoms with Crippen LogP contribution in [0.4, 0.5) is 0 Å². The van der Waals surface area contributed by atoms with Gasteiger partial charge in [0.15, 0.2) is 11.7 Å². The van der Waals surface area contributed by atoms with Gasteiger partial charge in [-0.25, -0.2) is 10.2 Å². The molecule has 224 valence electrons. The lowest BCUT2D eigenvalue weighted by molar-refractivity contribution is -0.139. The average Bonchev–Trinajstić information content (AvgIpc) is 2.96. The third-order valence-electron chi connectivity index (χ3n) is 6.11. The van der Waals surface area contributed by atoms with E-state index in [9.17, 15) is 9.59 Å². The molecule has 4 rings (SSSR count). The molecule has 0 saturated heterocycles. The Labute approximate surface area is 276 Å². The van der Waals surface area contributed by atoms with Gasteiger partial charge in [-0.3, -0.25) is 4.79 Å². The van der Waals surface area contributed by atoms with Gasteiger partial charge in [0.1, 0.15) is 18.1 Å². The molecule has 1 amide bonds. The second-order valence-corrected chi connectivity index (χ2v) is 11.6. The molecule has 1 heterocycles. The first-order valence-electron chi connectivity index (χ1n) is 13.0. The highest BCUT2D eigenvalue weighted by atomic mass is 79.9. The topological polar surface area (TPSA) is 110 Å². The van der Waals surface area contributed by atoms with Gasteiger partial charge in [0, 0.05) is 21.8 Å². The van der Waals surface area contributed by atoms with E-state index in [-0.39, 0.29) is 13.2 Å². The number of carbonyl (C=O) groups is 2. The number of nitrogens with one attached hydrogen (secondary N) is 3. The molecule has 3 aromatic carbocycles. The van der Waals surface area contributed by atoms with E-state index in [0.29, 0.717) is 59.6 Å². The van der Waals surface area contributed by atoms with Crippen LogP contribution in [0, 0.1) is 0 Å². The number of hydrogen-bond acceptors (Lipinski definition) is 7. The number of carbonyl (C=O) groups excluding carboxylic acids is 2. The molecule has 0 fully saturated rings. The van der Waals surface area contributed by atoms with Crippen molar-refractivity contribution in [1.82, 2.24) is 16.1 Å². The lowest BCUT2D eigenvalue weighted by Crippen LogP contribution is -2.45. The number of hydrazone groups is 1. The molecule has 0 radical (unpaired) electrons. The maximum absolute atomic E-state index is 12.7. The van der Waals surface area contributed by atoms with Crippen LogP contribution in [0.25, 0.3) is 0 Å². The summed E-state index contributed by atoms with van der Waals surface area (Å²) < 4.78 is 18.4. The number of halogens is 3. The zero-order chi connectivity index (χ0) is 30.9. The molecule has 0 bridgehead atoms. The standard InChI is InChI=1S/C30H27Br2ClN4O5S/c1-3-40-29(39)26-17(2)35-30(43)36-27(26)20-9-5-7-11-24(20)41-16-25(38)37-34-14-18-12-21(31)28(22(32)13-18)42-15-19-8-4-6-10-23(19)33/h4-14,27H,3,15-16H2,1-2H3,(H,37,38)(H2,35,36,43)/t27-/m0/s1. The van der Waals surface area contributed by atoms with Crippen molar-refractivity contribution in [2.75, 3.05) is 13.2 Å². The van der Waals surface area contributed by atoms with Gasteiger partial charge in [0.2, 0.25) is 0 Å². The average molecular weight is 751 g/mol. The molecule has 3 N–H and O–H groups in total. The number of allylic oxidation sites excluding steroid dienone is 1. The molecule has 0 unspecified atom stereocenters. The minimum atomic E-state index is -0.626. The van der Waals surface area contributed by atoms with E-state index < -0.39 is 17.9 Å². The van der Waals surface area contributed by atoms with E-state index >= 15 is 0 Å². The van der Waals surface area contributed by atoms with Crippen molar-refractivity contribution in [2.45, 2.75) is 26.5 Å². The van der Waals surface area contributed by atoms with Crippen LogP contribution < -0.4 is 25.5 Å². The summed E-state index contributed by atoms with van der Waals surface area (Å²) in [7, 11) is 0. The zero-order valence-electron chi connectivity index (χ0n) is 23.1. The van der Waals surface area contributed by atoms with E-state index in [4.69, 9.17) is 38.0 Å². The van der Waals surface area contributed by atoms with Gasteiger partial charge in [-0.15, -0.1) is 0 Å². The summed E-state index contributed by atoms with van der Waals surface area (Å²) in [6.07, 6.45) is 1.50. The predicted molar refractivity (Wildman–Crippen MR) is 176 cm³/mol. The molecule has 43 heavy (non-hydrogen) atoms. The van der Waals surface area contributed by atoms with Gasteiger partial charge in [-0.05, 0) is 87.8 Å². The Morgan fingerprint density at radius 3 is 2.51 bits per heavy atom. The Hall–Kier alpha value is -3.45. The molecule has 13 heteroatoms. The van der Waals surface area contributed by atoms with E-state index in [2.05, 4.69) is 53.0 Å². The molecular weight excluding hydrogens is 724 g/mol. The monoisotopic (exact) mass is 748 g/mol. The number of benzene rings is 3. The summed E-state index contributed by atoms with van der Waals surface area (Å²) in [6.45, 7) is 3.69. The Kier molecular flexibility index (Phi) is 11.6. The van der Waals surface area contributed by atoms with Crippen molar-refractivity contribution >= 4 is 78.9 Å². The normalized spacial score (nSPS) is 14.6. The number of hydrogen-bond donors (Lipinski definition) is 3. The van der Waals surface area contributed by atoms with Crippen molar-refractivity contribution in [2.24, 2.45) is 5.10 Å². The number of ether oxygens (including phenoxy) is 3. The van der Waals surface area contributed by atoms with Crippen molar-refractivity contribution < 1.29 is 23.8 Å². The van der Waals surface area contributed by atoms with Gasteiger partial charge in [0.05, 0.1) is 33.4 Å². The Morgan fingerprint density at radius 1 is 1.09 bits per heavy atom. The molecular formula is C30H27Br2ClN4O5S. The maximum atomic E-state index is 12.7. The summed E-state index contributed by atoms with van der Waals surface area (Å²) in [6, 6.07) is 17.5. The number of thiocarbonyl (C=S) groups is 1. The first-order valence-corrected chi connectivity index (χ1v) is 15.4. The quantitative estimate of drug-likeness (QED) is 0.0904. The summed E-state index contributed by atoms with van der Waals surface area (Å²) in [5, 5.41) is 11.1. The third kappa shape index (κ3) is 8.56. The fourth-order valence-electron chi connectivity index (χ4n) is 4.17. The number of amides is 1. The fraction of sp³-hybridized carbons (Fsp3) is 0.200. The molecule has 1 atom stereocenters. The second-order valence-electron chi connectivity index (χ2n) is 9.10. The second kappa shape index (κ2) is 15.3. The van der Waals surface area contributed by atoms with E-state index in [1.54, 1.807) is 38.1 Å². The van der Waals surface area contributed by atoms with E-state index in [1.807, 2.05) is 36.4 Å². The highest BCUT2D eigenvalue weighted by Crippen LogP contribution is 2.36. The number of para-hydroxylation sites is 1. The molecule has 9 nitrogen and oxygen atoms in total. The lowest BCUT2D eigenvalue weighted by Gasteiger charge is -2.30. The smallest absolute Gasteiger partial charge is 0.338 e. The van der Waals surface area contributed by atoms with Crippen LogP contribution in [0.1, 0.15) is 36.6 Å². The van der Waals surface area contributed by atoms with Gasteiger partial charge >= 0.3 is 5.97 Å². The Balaban J connectivity index is 1.38. The SMILES string of the molecule is CCOC(=O)C1=C(C)NC(=S)N[C@H]1c1ccccc1OCC(=O)NN=Cc1cc(Br)c(OCc2ccccc2Cl)c(Br)c1. The van der Waals surface area contributed by atoms with Crippen LogP contribution >= 0.6 is 55.7 Å². The summed E-state index contributed by atoms with van der Waals surface area (Å²) in [5.74, 6) is 0.0508. The van der Waals surface area contributed by atoms with Crippen LogP contribution in [0.5, 0.6) is 11.5 Å². The van der Waals surface area contributed by atoms with Crippen LogP contribution in [0.2, 0.25) is 5.02 Å². The molecule has 0 aromatic heterocycles. The Morgan fingerprint density at radius 2 is 1.79 bits per heavy atom. The van der Waals surface area contributed by atoms with Crippen molar-refractivity contribution in [1.29, 1.82) is 0 Å². The summed E-state index contributed by atoms with van der Waals surface area (Å²) in [5.41, 5.74) is 5.60. The van der Waals surface area contributed by atoms with Crippen LogP contribution in [-0.2, 0) is 20.9 Å². The maximum Gasteiger partial charge on any atom is 0.338 e. The lowest BCUT2D eigenvalue weighted by atomic mass is 9.95. The number of esters is 1. The van der Waals surface area contributed by atoms with Crippen LogP contribution in [-0.4, -0.2) is 36.4 Å². The fourth-order valence-corrected chi connectivity index (χ4v) is 6.08. The summed E-state index contributed by atoms with van der Waals surface area (Å²) >= 11 is 18.6. The van der Waals surface area contributed by atoms with Crippen molar-refractivity contribution in [3.8, 4) is 11.5 Å². The number of rotatable bonds is 11. The minimum Gasteiger partial charge on any atom is -0.486 e. The first kappa shape index (κ1) is 32.5. The van der Waals surface area contributed by atoms with Crippen LogP contribution in [0.15, 0.2) is 86.0 Å². The molecule has 1 aliphatic rings. The first-order chi connectivity index (χ1) is 20.7. The van der Waals surface area contributed by atoms with E-state index in [0.717, 1.165) is 5.56 Å². The largest absolute Gasteiger partial charge is 0.486 e. The predicted octanol–water partition coefficient (Wildman–Crippen LogP) is 6.33. The highest BCUT2D eigenvalue weighted by Gasteiger charge is 2.32. The zero-order valence-corrected chi connectivity index (χ0v) is 27.8. The minimum absolute atomic E-state index is 0.223. The Bertz CT molecular complexity index is 1580. The van der Waals surface area contributed by atoms with Gasteiger partial charge in [-0.1, -0.05) is 48.0 Å². The summed E-state index contributed by atoms with van der Waals surface area (Å²) in [4.78, 5) is 25.3. The van der Waals surface area contributed by atoms with Crippen molar-refractivity contribution in [3.63, 3.8) is 0 Å². The van der Waals surface area contributed by atoms with Gasteiger partial charge in [0.25, 0.3) is 5.91 Å². The molecule has 1 aliphatic heterocycles. The van der Waals surface area contributed by atoms with Gasteiger partial charge in [-0.2, -0.15) is 5.10 Å². The van der Waals surface area contributed by atoms with E-state index in [1.165, 1.54) is 6.21 Å². The van der Waals surface area contributed by atoms with Crippen molar-refractivity contribution in [3.05, 3.63) is 103 Å². The molecule has 0 aliphatic carbocycles. The van der Waals surface area contributed by atoms with Crippen LogP contribution in [0.3, 0.4) is 0 Å².